The smallest absolute Gasteiger partial charge is 0.254 e. The van der Waals surface area contributed by atoms with Gasteiger partial charge in [0.25, 0.3) is 5.91 Å². The Bertz CT molecular complexity index is 642. The molecule has 1 aromatic carbocycles. The fraction of sp³-hybridized carbons (Fsp3) is 0.389. The molecule has 2 heterocycles. The van der Waals surface area contributed by atoms with E-state index in [0.29, 0.717) is 18.5 Å². The summed E-state index contributed by atoms with van der Waals surface area (Å²) in [4.78, 5) is 22.8. The minimum Gasteiger partial charge on any atom is -0.350 e. The predicted octanol–water partition coefficient (Wildman–Crippen LogP) is 3.10. The van der Waals surface area contributed by atoms with Crippen molar-refractivity contribution in [1.82, 2.24) is 14.9 Å². The maximum absolute atomic E-state index is 12.6. The Morgan fingerprint density at radius 3 is 2.65 bits per heavy atom. The summed E-state index contributed by atoms with van der Waals surface area (Å²) in [5.74, 6) is 0.748. The zero-order chi connectivity index (χ0) is 16.1. The molecular weight excluding hydrogens is 288 g/mol. The number of anilines is 1. The quantitative estimate of drug-likeness (QED) is 0.942. The molecule has 0 aliphatic carbocycles. The first kappa shape index (κ1) is 15.5. The SMILES string of the molecule is CC1CCCCN1C(=O)c1ccc(CNc2ncccn2)cc1. The second-order valence-corrected chi connectivity index (χ2v) is 5.97. The average molecular weight is 310 g/mol. The van der Waals surface area contributed by atoms with Crippen molar-refractivity contribution in [3.8, 4) is 0 Å². The van der Waals surface area contributed by atoms with Gasteiger partial charge >= 0.3 is 0 Å². The first-order valence-corrected chi connectivity index (χ1v) is 8.15. The molecule has 5 nitrogen and oxygen atoms in total. The van der Waals surface area contributed by atoms with Crippen LogP contribution in [0.2, 0.25) is 0 Å². The summed E-state index contributed by atoms with van der Waals surface area (Å²) in [6.45, 7) is 3.64. The molecule has 1 amide bonds. The first-order chi connectivity index (χ1) is 11.2. The molecule has 1 unspecified atom stereocenters. The van der Waals surface area contributed by atoms with E-state index in [9.17, 15) is 4.79 Å². The van der Waals surface area contributed by atoms with Crippen molar-refractivity contribution in [2.45, 2.75) is 38.8 Å². The number of hydrogen-bond donors (Lipinski definition) is 1. The van der Waals surface area contributed by atoms with E-state index in [4.69, 9.17) is 0 Å². The van der Waals surface area contributed by atoms with Crippen molar-refractivity contribution in [3.05, 3.63) is 53.9 Å². The van der Waals surface area contributed by atoms with Crippen LogP contribution in [0.3, 0.4) is 0 Å². The van der Waals surface area contributed by atoms with Crippen molar-refractivity contribution in [2.75, 3.05) is 11.9 Å². The van der Waals surface area contributed by atoms with Gasteiger partial charge in [-0.25, -0.2) is 9.97 Å². The molecule has 120 valence electrons. The Morgan fingerprint density at radius 1 is 1.22 bits per heavy atom. The van der Waals surface area contributed by atoms with Crippen LogP contribution in [0.15, 0.2) is 42.7 Å². The number of likely N-dealkylation sites (tertiary alicyclic amines) is 1. The number of piperidine rings is 1. The van der Waals surface area contributed by atoms with Gasteiger partial charge in [-0.2, -0.15) is 0 Å². The van der Waals surface area contributed by atoms with Gasteiger partial charge in [0.2, 0.25) is 5.95 Å². The fourth-order valence-electron chi connectivity index (χ4n) is 2.90. The Labute approximate surface area is 136 Å². The van der Waals surface area contributed by atoms with Crippen molar-refractivity contribution < 1.29 is 4.79 Å². The van der Waals surface area contributed by atoms with E-state index >= 15 is 0 Å². The zero-order valence-electron chi connectivity index (χ0n) is 13.4. The number of amides is 1. The molecule has 5 heteroatoms. The number of hydrogen-bond acceptors (Lipinski definition) is 4. The average Bonchev–Trinajstić information content (AvgIpc) is 2.61. The summed E-state index contributed by atoms with van der Waals surface area (Å²) in [5, 5.41) is 3.16. The lowest BCUT2D eigenvalue weighted by Gasteiger charge is -2.33. The maximum atomic E-state index is 12.6. The zero-order valence-corrected chi connectivity index (χ0v) is 13.4. The second kappa shape index (κ2) is 7.22. The number of carbonyl (C=O) groups is 1. The molecule has 0 saturated carbocycles. The predicted molar refractivity (Wildman–Crippen MR) is 90.2 cm³/mol. The van der Waals surface area contributed by atoms with Crippen molar-refractivity contribution in [2.24, 2.45) is 0 Å². The van der Waals surface area contributed by atoms with Gasteiger partial charge in [-0.05, 0) is 49.9 Å². The molecule has 1 aliphatic rings. The molecule has 0 spiro atoms. The molecule has 0 bridgehead atoms. The lowest BCUT2D eigenvalue weighted by atomic mass is 10.0. The van der Waals surface area contributed by atoms with Crippen LogP contribution in [0.25, 0.3) is 0 Å². The van der Waals surface area contributed by atoms with E-state index in [0.717, 1.165) is 30.5 Å². The molecule has 1 N–H and O–H groups in total. The summed E-state index contributed by atoms with van der Waals surface area (Å²) in [6, 6.07) is 9.91. The molecule has 1 fully saturated rings. The van der Waals surface area contributed by atoms with Crippen molar-refractivity contribution in [1.29, 1.82) is 0 Å². The number of carbonyl (C=O) groups excluding carboxylic acids is 1. The summed E-state index contributed by atoms with van der Waals surface area (Å²) < 4.78 is 0. The summed E-state index contributed by atoms with van der Waals surface area (Å²) in [7, 11) is 0. The molecule has 1 saturated heterocycles. The number of benzene rings is 1. The summed E-state index contributed by atoms with van der Waals surface area (Å²) >= 11 is 0. The van der Waals surface area contributed by atoms with Gasteiger partial charge < -0.3 is 10.2 Å². The Morgan fingerprint density at radius 2 is 1.96 bits per heavy atom. The van der Waals surface area contributed by atoms with Crippen LogP contribution < -0.4 is 5.32 Å². The van der Waals surface area contributed by atoms with E-state index in [1.807, 2.05) is 29.2 Å². The minimum atomic E-state index is 0.142. The van der Waals surface area contributed by atoms with E-state index in [1.54, 1.807) is 18.5 Å². The van der Waals surface area contributed by atoms with Crippen LogP contribution >= 0.6 is 0 Å². The minimum absolute atomic E-state index is 0.142. The highest BCUT2D eigenvalue weighted by molar-refractivity contribution is 5.94. The Kier molecular flexibility index (Phi) is 4.86. The molecule has 2 aromatic rings. The van der Waals surface area contributed by atoms with Crippen LogP contribution in [-0.4, -0.2) is 33.4 Å². The van der Waals surface area contributed by atoms with Crippen LogP contribution in [-0.2, 0) is 6.54 Å². The third-order valence-electron chi connectivity index (χ3n) is 4.28. The summed E-state index contributed by atoms with van der Waals surface area (Å²) in [5.41, 5.74) is 1.86. The van der Waals surface area contributed by atoms with Gasteiger partial charge in [-0.15, -0.1) is 0 Å². The number of rotatable bonds is 4. The Balaban J connectivity index is 1.61. The van der Waals surface area contributed by atoms with Crippen LogP contribution in [0.4, 0.5) is 5.95 Å². The van der Waals surface area contributed by atoms with E-state index in [1.165, 1.54) is 6.42 Å². The monoisotopic (exact) mass is 310 g/mol. The summed E-state index contributed by atoms with van der Waals surface area (Å²) in [6.07, 6.45) is 6.84. The fourth-order valence-corrected chi connectivity index (χ4v) is 2.90. The van der Waals surface area contributed by atoms with Crippen LogP contribution in [0.1, 0.15) is 42.1 Å². The third-order valence-corrected chi connectivity index (χ3v) is 4.28. The molecule has 1 aromatic heterocycles. The van der Waals surface area contributed by atoms with E-state index in [2.05, 4.69) is 22.2 Å². The van der Waals surface area contributed by atoms with E-state index < -0.39 is 0 Å². The second-order valence-electron chi connectivity index (χ2n) is 5.97. The topological polar surface area (TPSA) is 58.1 Å². The Hall–Kier alpha value is -2.43. The van der Waals surface area contributed by atoms with Gasteiger partial charge in [0.05, 0.1) is 0 Å². The maximum Gasteiger partial charge on any atom is 0.254 e. The van der Waals surface area contributed by atoms with Crippen LogP contribution in [0.5, 0.6) is 0 Å². The van der Waals surface area contributed by atoms with Crippen LogP contribution in [0, 0.1) is 0 Å². The number of nitrogens with one attached hydrogen (secondary N) is 1. The highest BCUT2D eigenvalue weighted by Crippen LogP contribution is 2.19. The molecule has 1 atom stereocenters. The van der Waals surface area contributed by atoms with Gasteiger partial charge in [-0.3, -0.25) is 4.79 Å². The third kappa shape index (κ3) is 3.86. The molecular formula is C18H22N4O. The highest BCUT2D eigenvalue weighted by atomic mass is 16.2. The van der Waals surface area contributed by atoms with Crippen molar-refractivity contribution >= 4 is 11.9 Å². The molecule has 0 radical (unpaired) electrons. The molecule has 1 aliphatic heterocycles. The highest BCUT2D eigenvalue weighted by Gasteiger charge is 2.23. The standard InChI is InChI=1S/C18H22N4O/c1-14-5-2-3-12-22(14)17(23)16-8-6-15(7-9-16)13-21-18-19-10-4-11-20-18/h4,6-11,14H,2-3,5,12-13H2,1H3,(H,19,20,21). The van der Waals surface area contributed by atoms with Crippen molar-refractivity contribution in [3.63, 3.8) is 0 Å². The normalized spacial score (nSPS) is 17.8. The number of aromatic nitrogens is 2. The van der Waals surface area contributed by atoms with E-state index in [-0.39, 0.29) is 5.91 Å². The van der Waals surface area contributed by atoms with Gasteiger partial charge in [0.1, 0.15) is 0 Å². The van der Waals surface area contributed by atoms with Gasteiger partial charge in [-0.1, -0.05) is 12.1 Å². The van der Waals surface area contributed by atoms with Gasteiger partial charge in [0, 0.05) is 37.1 Å². The molecule has 3 rings (SSSR count). The van der Waals surface area contributed by atoms with Gasteiger partial charge in [0.15, 0.2) is 0 Å². The lowest BCUT2D eigenvalue weighted by molar-refractivity contribution is 0.0635. The largest absolute Gasteiger partial charge is 0.350 e. The lowest BCUT2D eigenvalue weighted by Crippen LogP contribution is -2.42. The first-order valence-electron chi connectivity index (χ1n) is 8.15. The molecule has 23 heavy (non-hydrogen) atoms. The number of nitrogens with zero attached hydrogens (tertiary/aromatic N) is 3.